The number of benzene rings is 1. The van der Waals surface area contributed by atoms with Gasteiger partial charge in [-0.25, -0.2) is 0 Å². The molecule has 1 aromatic carbocycles. The van der Waals surface area contributed by atoms with Crippen LogP contribution in [0.5, 0.6) is 5.75 Å². The summed E-state index contributed by atoms with van der Waals surface area (Å²) in [7, 11) is 1.62. The summed E-state index contributed by atoms with van der Waals surface area (Å²) in [6.45, 7) is 0. The van der Waals surface area contributed by atoms with Crippen LogP contribution < -0.4 is 10.5 Å². The van der Waals surface area contributed by atoms with Gasteiger partial charge >= 0.3 is 0 Å². The molecule has 0 amide bonds. The molecule has 1 heterocycles. The number of halogens is 1. The normalized spacial score (nSPS) is 17.4. The van der Waals surface area contributed by atoms with Crippen molar-refractivity contribution >= 4 is 15.9 Å². The predicted octanol–water partition coefficient (Wildman–Crippen LogP) is 3.24. The number of aromatic nitrogens is 2. The van der Waals surface area contributed by atoms with Crippen LogP contribution >= 0.6 is 15.9 Å². The van der Waals surface area contributed by atoms with Crippen molar-refractivity contribution in [2.75, 3.05) is 7.11 Å². The lowest BCUT2D eigenvalue weighted by molar-refractivity contribution is 0.372. The van der Waals surface area contributed by atoms with E-state index in [1.54, 1.807) is 7.11 Å². The zero-order valence-electron chi connectivity index (χ0n) is 11.2. The summed E-state index contributed by atoms with van der Waals surface area (Å²) in [5.74, 6) is 1.80. The van der Waals surface area contributed by atoms with E-state index in [-0.39, 0.29) is 0 Å². The molecular formula is C14H16BrN3O2. The van der Waals surface area contributed by atoms with E-state index in [0.29, 0.717) is 11.7 Å². The maximum absolute atomic E-state index is 6.34. The molecule has 0 bridgehead atoms. The molecule has 5 nitrogen and oxygen atoms in total. The van der Waals surface area contributed by atoms with Crippen molar-refractivity contribution in [3.63, 3.8) is 0 Å². The molecule has 0 atom stereocenters. The average Bonchev–Trinajstić information content (AvgIpc) is 3.09. The van der Waals surface area contributed by atoms with Gasteiger partial charge in [0.15, 0.2) is 5.82 Å². The van der Waals surface area contributed by atoms with Crippen LogP contribution in [0.4, 0.5) is 0 Å². The van der Waals surface area contributed by atoms with E-state index in [1.807, 2.05) is 18.2 Å². The second-order valence-corrected chi connectivity index (χ2v) is 5.99. The number of nitrogens with two attached hydrogens (primary N) is 1. The van der Waals surface area contributed by atoms with Crippen LogP contribution in [0.1, 0.15) is 31.5 Å². The summed E-state index contributed by atoms with van der Waals surface area (Å²) in [6.07, 6.45) is 4.04. The number of ether oxygens (including phenoxy) is 1. The third-order valence-electron chi connectivity index (χ3n) is 3.77. The first-order chi connectivity index (χ1) is 9.62. The fraction of sp³-hybridized carbons (Fsp3) is 0.429. The highest BCUT2D eigenvalue weighted by Gasteiger charge is 2.36. The Labute approximate surface area is 125 Å². The third-order valence-corrected chi connectivity index (χ3v) is 4.46. The van der Waals surface area contributed by atoms with Gasteiger partial charge in [-0.3, -0.25) is 0 Å². The van der Waals surface area contributed by atoms with Crippen molar-refractivity contribution in [1.29, 1.82) is 0 Å². The van der Waals surface area contributed by atoms with Crippen molar-refractivity contribution in [3.8, 4) is 17.2 Å². The highest BCUT2D eigenvalue weighted by atomic mass is 79.9. The molecule has 3 rings (SSSR count). The molecule has 6 heteroatoms. The lowest BCUT2D eigenvalue weighted by Crippen LogP contribution is -2.34. The van der Waals surface area contributed by atoms with Gasteiger partial charge in [0.05, 0.1) is 18.2 Å². The van der Waals surface area contributed by atoms with Crippen LogP contribution in [0.25, 0.3) is 11.5 Å². The van der Waals surface area contributed by atoms with E-state index < -0.39 is 5.54 Å². The molecule has 20 heavy (non-hydrogen) atoms. The van der Waals surface area contributed by atoms with Gasteiger partial charge in [-0.2, -0.15) is 4.98 Å². The molecular weight excluding hydrogens is 322 g/mol. The molecule has 2 aromatic rings. The second kappa shape index (κ2) is 5.18. The van der Waals surface area contributed by atoms with Gasteiger partial charge in [0.1, 0.15) is 5.75 Å². The zero-order chi connectivity index (χ0) is 14.2. The predicted molar refractivity (Wildman–Crippen MR) is 78.3 cm³/mol. The number of rotatable bonds is 3. The Morgan fingerprint density at radius 2 is 2.10 bits per heavy atom. The SMILES string of the molecule is COc1ccc(Br)c(-c2nc(C3(N)CCCC3)no2)c1. The van der Waals surface area contributed by atoms with E-state index >= 15 is 0 Å². The molecule has 0 spiro atoms. The number of methoxy groups -OCH3 is 1. The molecule has 0 unspecified atom stereocenters. The highest BCUT2D eigenvalue weighted by Crippen LogP contribution is 2.37. The summed E-state index contributed by atoms with van der Waals surface area (Å²) in [6, 6.07) is 5.62. The second-order valence-electron chi connectivity index (χ2n) is 5.13. The molecule has 0 saturated heterocycles. The summed E-state index contributed by atoms with van der Waals surface area (Å²) in [5.41, 5.74) is 6.72. The Bertz CT molecular complexity index is 621. The van der Waals surface area contributed by atoms with Gasteiger partial charge in [-0.05, 0) is 47.0 Å². The zero-order valence-corrected chi connectivity index (χ0v) is 12.8. The lowest BCUT2D eigenvalue weighted by Gasteiger charge is -2.17. The van der Waals surface area contributed by atoms with Gasteiger partial charge in [0, 0.05) is 4.47 Å². The van der Waals surface area contributed by atoms with Crippen LogP contribution in [-0.2, 0) is 5.54 Å². The van der Waals surface area contributed by atoms with Crippen molar-refractivity contribution in [3.05, 3.63) is 28.5 Å². The van der Waals surface area contributed by atoms with Crippen molar-refractivity contribution < 1.29 is 9.26 Å². The minimum absolute atomic E-state index is 0.437. The molecule has 1 aliphatic carbocycles. The smallest absolute Gasteiger partial charge is 0.259 e. The van der Waals surface area contributed by atoms with Crippen LogP contribution in [0, 0.1) is 0 Å². The minimum Gasteiger partial charge on any atom is -0.497 e. The van der Waals surface area contributed by atoms with E-state index in [0.717, 1.165) is 41.5 Å². The molecule has 1 aliphatic rings. The van der Waals surface area contributed by atoms with Gasteiger partial charge in [-0.15, -0.1) is 0 Å². The molecule has 106 valence electrons. The Balaban J connectivity index is 1.98. The van der Waals surface area contributed by atoms with Gasteiger partial charge in [-0.1, -0.05) is 18.0 Å². The van der Waals surface area contributed by atoms with Crippen LogP contribution in [0.2, 0.25) is 0 Å². The summed E-state index contributed by atoms with van der Waals surface area (Å²) in [5, 5.41) is 4.07. The number of hydrogen-bond donors (Lipinski definition) is 1. The maximum atomic E-state index is 6.34. The first-order valence-electron chi connectivity index (χ1n) is 6.59. The van der Waals surface area contributed by atoms with Gasteiger partial charge in [0.25, 0.3) is 5.89 Å². The Hall–Kier alpha value is -1.40. The summed E-state index contributed by atoms with van der Waals surface area (Å²) < 4.78 is 11.5. The van der Waals surface area contributed by atoms with Crippen molar-refractivity contribution in [1.82, 2.24) is 10.1 Å². The van der Waals surface area contributed by atoms with E-state index in [9.17, 15) is 0 Å². The third kappa shape index (κ3) is 2.33. The number of hydrogen-bond acceptors (Lipinski definition) is 5. The lowest BCUT2D eigenvalue weighted by atomic mass is 9.99. The molecule has 1 aromatic heterocycles. The first kappa shape index (κ1) is 13.6. The fourth-order valence-electron chi connectivity index (χ4n) is 2.56. The Kier molecular flexibility index (Phi) is 3.52. The standard InChI is InChI=1S/C14H16BrN3O2/c1-19-9-4-5-11(15)10(8-9)12-17-13(18-20-12)14(16)6-2-3-7-14/h4-5,8H,2-3,6-7,16H2,1H3. The van der Waals surface area contributed by atoms with Gasteiger partial charge < -0.3 is 15.0 Å². The number of nitrogens with zero attached hydrogens (tertiary/aromatic N) is 2. The molecule has 1 fully saturated rings. The Morgan fingerprint density at radius 3 is 2.80 bits per heavy atom. The average molecular weight is 338 g/mol. The fourth-order valence-corrected chi connectivity index (χ4v) is 2.98. The molecule has 2 N–H and O–H groups in total. The molecule has 0 radical (unpaired) electrons. The van der Waals surface area contributed by atoms with Crippen molar-refractivity contribution in [2.45, 2.75) is 31.2 Å². The molecule has 0 aliphatic heterocycles. The summed E-state index contributed by atoms with van der Waals surface area (Å²) in [4.78, 5) is 4.48. The minimum atomic E-state index is -0.437. The van der Waals surface area contributed by atoms with Crippen LogP contribution in [0.3, 0.4) is 0 Å². The topological polar surface area (TPSA) is 74.2 Å². The largest absolute Gasteiger partial charge is 0.497 e. The van der Waals surface area contributed by atoms with Crippen LogP contribution in [-0.4, -0.2) is 17.3 Å². The van der Waals surface area contributed by atoms with E-state index in [4.69, 9.17) is 15.0 Å². The van der Waals surface area contributed by atoms with E-state index in [1.165, 1.54) is 0 Å². The van der Waals surface area contributed by atoms with Gasteiger partial charge in [0.2, 0.25) is 0 Å². The monoisotopic (exact) mass is 337 g/mol. The van der Waals surface area contributed by atoms with Crippen LogP contribution in [0.15, 0.2) is 27.2 Å². The summed E-state index contributed by atoms with van der Waals surface area (Å²) >= 11 is 3.49. The quantitative estimate of drug-likeness (QED) is 0.930. The maximum Gasteiger partial charge on any atom is 0.259 e. The Morgan fingerprint density at radius 1 is 1.35 bits per heavy atom. The molecule has 1 saturated carbocycles. The van der Waals surface area contributed by atoms with E-state index in [2.05, 4.69) is 26.1 Å². The highest BCUT2D eigenvalue weighted by molar-refractivity contribution is 9.10. The first-order valence-corrected chi connectivity index (χ1v) is 7.39. The van der Waals surface area contributed by atoms with Crippen molar-refractivity contribution in [2.24, 2.45) is 5.73 Å².